The van der Waals surface area contributed by atoms with Crippen LogP contribution >= 0.6 is 0 Å². The molecule has 1 aliphatic rings. The van der Waals surface area contributed by atoms with Gasteiger partial charge in [0.15, 0.2) is 0 Å². The Morgan fingerprint density at radius 1 is 0.909 bits per heavy atom. The highest BCUT2D eigenvalue weighted by Crippen LogP contribution is 2.34. The maximum absolute atomic E-state index is 13.2. The highest BCUT2D eigenvalue weighted by Gasteiger charge is 2.48. The molecule has 2 rings (SSSR count). The summed E-state index contributed by atoms with van der Waals surface area (Å²) in [5.74, 6) is 0.488. The van der Waals surface area contributed by atoms with E-state index in [1.807, 2.05) is 6.92 Å². The summed E-state index contributed by atoms with van der Waals surface area (Å²) in [6.45, 7) is 5.66. The SMILES string of the molecule is CCCCCCCCCCC1CCC(S(=O)(=O)C(=[N+]=[N-])S(=O)(=O)c2ccc(C)cc2C)CC1. The molecule has 0 heterocycles. The van der Waals surface area contributed by atoms with Gasteiger partial charge in [-0.25, -0.2) is 16.8 Å². The molecule has 1 saturated carbocycles. The fraction of sp³-hybridized carbons (Fsp3) is 0.720. The fourth-order valence-corrected chi connectivity index (χ4v) is 9.12. The number of benzene rings is 1. The molecule has 0 aromatic heterocycles. The molecule has 0 N–H and O–H groups in total. The van der Waals surface area contributed by atoms with Crippen LogP contribution in [-0.4, -0.2) is 31.3 Å². The zero-order valence-electron chi connectivity index (χ0n) is 20.4. The fourth-order valence-electron chi connectivity index (χ4n) is 4.90. The van der Waals surface area contributed by atoms with Gasteiger partial charge in [0, 0.05) is 0 Å². The number of sulfone groups is 2. The van der Waals surface area contributed by atoms with Gasteiger partial charge in [-0.1, -0.05) is 82.4 Å². The van der Waals surface area contributed by atoms with Crippen LogP contribution in [0.5, 0.6) is 0 Å². The summed E-state index contributed by atoms with van der Waals surface area (Å²) >= 11 is 0. The first-order valence-corrected chi connectivity index (χ1v) is 15.5. The lowest BCUT2D eigenvalue weighted by Crippen LogP contribution is -2.37. The Bertz CT molecular complexity index is 1030. The predicted molar refractivity (Wildman–Crippen MR) is 134 cm³/mol. The number of aryl methyl sites for hydroxylation is 2. The monoisotopic (exact) mass is 496 g/mol. The van der Waals surface area contributed by atoms with E-state index in [0.717, 1.165) is 24.8 Å². The average molecular weight is 497 g/mol. The molecule has 0 aliphatic heterocycles. The van der Waals surface area contributed by atoms with E-state index in [1.165, 1.54) is 57.4 Å². The van der Waals surface area contributed by atoms with Crippen molar-refractivity contribution in [1.82, 2.24) is 0 Å². The molecule has 0 radical (unpaired) electrons. The van der Waals surface area contributed by atoms with Gasteiger partial charge in [-0.05, 0) is 57.1 Å². The maximum Gasteiger partial charge on any atom is 0.499 e. The second-order valence-corrected chi connectivity index (χ2v) is 13.8. The Kier molecular flexibility index (Phi) is 10.8. The van der Waals surface area contributed by atoms with Crippen molar-refractivity contribution in [2.45, 2.75) is 114 Å². The molecule has 0 amide bonds. The molecule has 33 heavy (non-hydrogen) atoms. The first-order valence-electron chi connectivity index (χ1n) is 12.4. The highest BCUT2D eigenvalue weighted by atomic mass is 32.3. The molecule has 1 fully saturated rings. The molecule has 0 spiro atoms. The van der Waals surface area contributed by atoms with Crippen LogP contribution in [0.15, 0.2) is 23.1 Å². The van der Waals surface area contributed by atoms with Crippen LogP contribution in [0.1, 0.15) is 102 Å². The van der Waals surface area contributed by atoms with E-state index in [2.05, 4.69) is 11.7 Å². The summed E-state index contributed by atoms with van der Waals surface area (Å²) in [5.41, 5.74) is 10.7. The smallest absolute Gasteiger partial charge is 0.359 e. The second-order valence-electron chi connectivity index (χ2n) is 9.59. The molecule has 1 aromatic rings. The van der Waals surface area contributed by atoms with Gasteiger partial charge in [0.1, 0.15) is 0 Å². The highest BCUT2D eigenvalue weighted by molar-refractivity contribution is 8.31. The normalized spacial score (nSPS) is 19.2. The number of nitrogens with zero attached hydrogens (tertiary/aromatic N) is 2. The van der Waals surface area contributed by atoms with Crippen molar-refractivity contribution in [2.75, 3.05) is 0 Å². The van der Waals surface area contributed by atoms with Gasteiger partial charge in [-0.2, -0.15) is 0 Å². The molecule has 0 bridgehead atoms. The van der Waals surface area contributed by atoms with E-state index >= 15 is 0 Å². The van der Waals surface area contributed by atoms with Crippen LogP contribution in [0.3, 0.4) is 0 Å². The molecular weight excluding hydrogens is 456 g/mol. The Morgan fingerprint density at radius 2 is 1.48 bits per heavy atom. The van der Waals surface area contributed by atoms with Crippen molar-refractivity contribution < 1.29 is 21.6 Å². The summed E-state index contributed by atoms with van der Waals surface area (Å²) in [4.78, 5) is 2.67. The third-order valence-electron chi connectivity index (χ3n) is 6.87. The standard InChI is InChI=1S/C25H40N2O4S2/c1-4-5-6-7-8-9-10-11-12-22-14-16-23(17-15-22)32(28,29)25(27-26)33(30,31)24-18-13-20(2)19-21(24)3/h13,18-19,22-23H,4-12,14-17H2,1-3H3. The summed E-state index contributed by atoms with van der Waals surface area (Å²) in [5, 5.41) is -0.821. The van der Waals surface area contributed by atoms with E-state index in [0.29, 0.717) is 24.3 Å². The zero-order chi connectivity index (χ0) is 24.5. The minimum atomic E-state index is -4.44. The van der Waals surface area contributed by atoms with Gasteiger partial charge in [-0.15, -0.1) is 4.79 Å². The molecule has 8 heteroatoms. The van der Waals surface area contributed by atoms with Crippen LogP contribution in [0.4, 0.5) is 0 Å². The summed E-state index contributed by atoms with van der Waals surface area (Å²) in [6.07, 6.45) is 13.6. The van der Waals surface area contributed by atoms with Gasteiger partial charge in [0.05, 0.1) is 10.1 Å². The van der Waals surface area contributed by atoms with Gasteiger partial charge in [-0.3, -0.25) is 0 Å². The largest absolute Gasteiger partial charge is 0.499 e. The lowest BCUT2D eigenvalue weighted by Gasteiger charge is -2.27. The molecular formula is C25H40N2O4S2. The Morgan fingerprint density at radius 3 is 2.03 bits per heavy atom. The molecule has 1 aromatic carbocycles. The number of unbranched alkanes of at least 4 members (excludes halogenated alkanes) is 7. The zero-order valence-corrected chi connectivity index (χ0v) is 22.1. The Labute approximate surface area is 200 Å². The van der Waals surface area contributed by atoms with Gasteiger partial charge >= 0.3 is 4.38 Å². The Balaban J connectivity index is 1.92. The molecule has 1 aliphatic carbocycles. The van der Waals surface area contributed by atoms with Crippen molar-refractivity contribution in [1.29, 1.82) is 0 Å². The van der Waals surface area contributed by atoms with Crippen molar-refractivity contribution >= 4 is 24.1 Å². The van der Waals surface area contributed by atoms with Crippen LogP contribution < -0.4 is 0 Å². The maximum atomic E-state index is 13.2. The molecule has 0 unspecified atom stereocenters. The quantitative estimate of drug-likeness (QED) is 0.120. The molecule has 0 atom stereocenters. The summed E-state index contributed by atoms with van der Waals surface area (Å²) < 4.78 is 51.3. The lowest BCUT2D eigenvalue weighted by molar-refractivity contribution is 0.00368. The van der Waals surface area contributed by atoms with E-state index in [-0.39, 0.29) is 4.90 Å². The van der Waals surface area contributed by atoms with E-state index in [4.69, 9.17) is 0 Å². The topological polar surface area (TPSA) is 105 Å². The minimum absolute atomic E-state index is 0.132. The molecule has 0 saturated heterocycles. The second kappa shape index (κ2) is 12.8. The third-order valence-corrected chi connectivity index (χ3v) is 11.7. The van der Waals surface area contributed by atoms with Crippen molar-refractivity contribution in [3.05, 3.63) is 34.9 Å². The summed E-state index contributed by atoms with van der Waals surface area (Å²) in [7, 11) is -8.69. The van der Waals surface area contributed by atoms with Crippen LogP contribution in [0.2, 0.25) is 0 Å². The van der Waals surface area contributed by atoms with Crippen LogP contribution in [-0.2, 0) is 19.7 Å². The van der Waals surface area contributed by atoms with E-state index < -0.39 is 29.3 Å². The Hall–Kier alpha value is -1.50. The van der Waals surface area contributed by atoms with E-state index in [1.54, 1.807) is 19.1 Å². The van der Waals surface area contributed by atoms with Crippen molar-refractivity contribution in [2.24, 2.45) is 5.92 Å². The van der Waals surface area contributed by atoms with Crippen LogP contribution in [0.25, 0.3) is 5.53 Å². The van der Waals surface area contributed by atoms with E-state index in [9.17, 15) is 22.4 Å². The van der Waals surface area contributed by atoms with Gasteiger partial charge in [0.25, 0.3) is 19.7 Å². The van der Waals surface area contributed by atoms with Crippen molar-refractivity contribution in [3.8, 4) is 0 Å². The van der Waals surface area contributed by atoms with Crippen LogP contribution in [0, 0.1) is 19.8 Å². The molecule has 186 valence electrons. The number of rotatable bonds is 11. The summed E-state index contributed by atoms with van der Waals surface area (Å²) in [6, 6.07) is 4.66. The third kappa shape index (κ3) is 7.49. The average Bonchev–Trinajstić information content (AvgIpc) is 2.75. The van der Waals surface area contributed by atoms with Crippen molar-refractivity contribution in [3.63, 3.8) is 0 Å². The lowest BCUT2D eigenvalue weighted by atomic mass is 9.85. The predicted octanol–water partition coefficient (Wildman–Crippen LogP) is 6.17. The first-order chi connectivity index (χ1) is 15.6. The number of hydrogen-bond acceptors (Lipinski definition) is 4. The van der Waals surface area contributed by atoms with Gasteiger partial charge in [0.2, 0.25) is 0 Å². The number of hydrogen-bond donors (Lipinski definition) is 0. The molecule has 6 nitrogen and oxygen atoms in total. The first kappa shape index (κ1) is 27.7. The van der Waals surface area contributed by atoms with Gasteiger partial charge < -0.3 is 5.53 Å². The minimum Gasteiger partial charge on any atom is -0.359 e.